The van der Waals surface area contributed by atoms with Crippen molar-refractivity contribution in [1.29, 1.82) is 0 Å². The molecule has 2 rings (SSSR count). The molecule has 0 aliphatic rings. The number of rotatable bonds is 7. The maximum atomic E-state index is 12.7. The number of carbonyl (C=O) groups is 3. The Kier molecular flexibility index (Phi) is 7.45. The SMILES string of the molecule is CCOC(=O)c1c(C)[nH]c(C(=O)Nc2ccc(C(=O)N(CC)CC)c(Cl)c2)c1C. The van der Waals surface area contributed by atoms with Crippen LogP contribution in [0.1, 0.15) is 63.2 Å². The molecule has 0 aliphatic carbocycles. The summed E-state index contributed by atoms with van der Waals surface area (Å²) in [5, 5.41) is 3.00. The van der Waals surface area contributed by atoms with Gasteiger partial charge in [0.1, 0.15) is 5.69 Å². The summed E-state index contributed by atoms with van der Waals surface area (Å²) in [5.41, 5.74) is 2.52. The summed E-state index contributed by atoms with van der Waals surface area (Å²) >= 11 is 6.28. The minimum absolute atomic E-state index is 0.159. The van der Waals surface area contributed by atoms with E-state index in [-0.39, 0.29) is 23.2 Å². The number of anilines is 1. The van der Waals surface area contributed by atoms with Crippen molar-refractivity contribution in [2.45, 2.75) is 34.6 Å². The second kappa shape index (κ2) is 9.60. The normalized spacial score (nSPS) is 10.6. The molecule has 0 unspecified atom stereocenters. The molecule has 2 N–H and O–H groups in total. The van der Waals surface area contributed by atoms with Crippen LogP contribution in [0.15, 0.2) is 18.2 Å². The monoisotopic (exact) mass is 419 g/mol. The minimum atomic E-state index is -0.472. The lowest BCUT2D eigenvalue weighted by Gasteiger charge is -2.19. The highest BCUT2D eigenvalue weighted by Crippen LogP contribution is 2.24. The van der Waals surface area contributed by atoms with Gasteiger partial charge >= 0.3 is 5.97 Å². The van der Waals surface area contributed by atoms with E-state index in [0.717, 1.165) is 0 Å². The predicted molar refractivity (Wildman–Crippen MR) is 113 cm³/mol. The van der Waals surface area contributed by atoms with E-state index in [2.05, 4.69) is 10.3 Å². The number of ether oxygens (including phenoxy) is 1. The lowest BCUT2D eigenvalue weighted by molar-refractivity contribution is 0.0524. The molecule has 0 radical (unpaired) electrons. The van der Waals surface area contributed by atoms with Gasteiger partial charge in [-0.3, -0.25) is 9.59 Å². The van der Waals surface area contributed by atoms with Crippen LogP contribution in [0.4, 0.5) is 5.69 Å². The number of carbonyl (C=O) groups excluding carboxylic acids is 3. The smallest absolute Gasteiger partial charge is 0.340 e. The van der Waals surface area contributed by atoms with E-state index in [9.17, 15) is 14.4 Å². The van der Waals surface area contributed by atoms with Gasteiger partial charge in [-0.15, -0.1) is 0 Å². The van der Waals surface area contributed by atoms with Crippen LogP contribution >= 0.6 is 11.6 Å². The Bertz CT molecular complexity index is 932. The third-order valence-electron chi connectivity index (χ3n) is 4.65. The highest BCUT2D eigenvalue weighted by Gasteiger charge is 2.23. The maximum absolute atomic E-state index is 12.7. The molecule has 0 saturated carbocycles. The molecule has 0 aliphatic heterocycles. The summed E-state index contributed by atoms with van der Waals surface area (Å²) in [6.45, 7) is 10.3. The van der Waals surface area contributed by atoms with Crippen LogP contribution in [0.5, 0.6) is 0 Å². The minimum Gasteiger partial charge on any atom is -0.462 e. The average Bonchev–Trinajstić information content (AvgIpc) is 2.97. The van der Waals surface area contributed by atoms with E-state index in [1.165, 1.54) is 6.07 Å². The zero-order valence-electron chi connectivity index (χ0n) is 17.3. The molecule has 0 fully saturated rings. The highest BCUT2D eigenvalue weighted by atomic mass is 35.5. The van der Waals surface area contributed by atoms with E-state index in [0.29, 0.717) is 41.2 Å². The fourth-order valence-electron chi connectivity index (χ4n) is 3.13. The Morgan fingerprint density at radius 3 is 2.34 bits per heavy atom. The Morgan fingerprint density at radius 1 is 1.14 bits per heavy atom. The number of H-pyrrole nitrogens is 1. The van der Waals surface area contributed by atoms with Crippen LogP contribution in [0.2, 0.25) is 5.02 Å². The topological polar surface area (TPSA) is 91.5 Å². The second-order valence-electron chi connectivity index (χ2n) is 6.47. The first kappa shape index (κ1) is 22.5. The van der Waals surface area contributed by atoms with E-state index >= 15 is 0 Å². The largest absolute Gasteiger partial charge is 0.462 e. The Hall–Kier alpha value is -2.80. The molecule has 0 spiro atoms. The lowest BCUT2D eigenvalue weighted by atomic mass is 10.1. The molecule has 2 amide bonds. The molecule has 0 saturated heterocycles. The van der Waals surface area contributed by atoms with Gasteiger partial charge in [0.25, 0.3) is 11.8 Å². The van der Waals surface area contributed by atoms with Gasteiger partial charge in [0.2, 0.25) is 0 Å². The number of halogens is 1. The molecule has 0 atom stereocenters. The zero-order valence-corrected chi connectivity index (χ0v) is 18.1. The van der Waals surface area contributed by atoms with E-state index < -0.39 is 11.9 Å². The van der Waals surface area contributed by atoms with Gasteiger partial charge < -0.3 is 19.9 Å². The summed E-state index contributed by atoms with van der Waals surface area (Å²) in [7, 11) is 0. The third-order valence-corrected chi connectivity index (χ3v) is 4.96. The van der Waals surface area contributed by atoms with Crippen LogP contribution < -0.4 is 5.32 Å². The molecule has 156 valence electrons. The van der Waals surface area contributed by atoms with Crippen LogP contribution in [0.3, 0.4) is 0 Å². The third kappa shape index (κ3) is 4.79. The standard InChI is InChI=1S/C21H26ClN3O4/c1-6-25(7-2)20(27)15-10-9-14(11-16(15)22)24-19(26)18-12(4)17(13(5)23-18)21(28)29-8-3/h9-11,23H,6-8H2,1-5H3,(H,24,26). The van der Waals surface area contributed by atoms with Gasteiger partial charge in [-0.25, -0.2) is 4.79 Å². The summed E-state index contributed by atoms with van der Waals surface area (Å²) in [4.78, 5) is 41.9. The number of esters is 1. The fraction of sp³-hybridized carbons (Fsp3) is 0.381. The number of aromatic nitrogens is 1. The van der Waals surface area contributed by atoms with Crippen molar-refractivity contribution in [1.82, 2.24) is 9.88 Å². The number of benzene rings is 1. The molecule has 1 aromatic carbocycles. The lowest BCUT2D eigenvalue weighted by Crippen LogP contribution is -2.30. The van der Waals surface area contributed by atoms with Crippen molar-refractivity contribution in [2.75, 3.05) is 25.0 Å². The van der Waals surface area contributed by atoms with Crippen molar-refractivity contribution >= 4 is 35.1 Å². The number of hydrogen-bond donors (Lipinski definition) is 2. The highest BCUT2D eigenvalue weighted by molar-refractivity contribution is 6.34. The van der Waals surface area contributed by atoms with E-state index in [1.807, 2.05) is 13.8 Å². The average molecular weight is 420 g/mol. The molecule has 1 heterocycles. The molecule has 8 heteroatoms. The quantitative estimate of drug-likeness (QED) is 0.658. The molecular weight excluding hydrogens is 394 g/mol. The van der Waals surface area contributed by atoms with Crippen molar-refractivity contribution in [3.63, 3.8) is 0 Å². The number of aryl methyl sites for hydroxylation is 1. The van der Waals surface area contributed by atoms with Crippen LogP contribution in [0, 0.1) is 13.8 Å². The summed E-state index contributed by atoms with van der Waals surface area (Å²) in [6, 6.07) is 4.75. The van der Waals surface area contributed by atoms with Gasteiger partial charge in [-0.2, -0.15) is 0 Å². The first-order chi connectivity index (χ1) is 13.7. The predicted octanol–water partition coefficient (Wildman–Crippen LogP) is 4.20. The molecular formula is C21H26ClN3O4. The first-order valence-electron chi connectivity index (χ1n) is 9.51. The van der Waals surface area contributed by atoms with Gasteiger partial charge in [-0.1, -0.05) is 11.6 Å². The zero-order chi connectivity index (χ0) is 21.7. The number of hydrogen-bond acceptors (Lipinski definition) is 4. The van der Waals surface area contributed by atoms with Crippen molar-refractivity contribution in [3.8, 4) is 0 Å². The van der Waals surface area contributed by atoms with Gasteiger partial charge in [0.05, 0.1) is 22.8 Å². The Morgan fingerprint density at radius 2 is 1.79 bits per heavy atom. The number of amides is 2. The molecule has 1 aromatic heterocycles. The summed E-state index contributed by atoms with van der Waals surface area (Å²) in [6.07, 6.45) is 0. The maximum Gasteiger partial charge on any atom is 0.340 e. The van der Waals surface area contributed by atoms with Crippen LogP contribution in [-0.4, -0.2) is 47.4 Å². The molecule has 0 bridgehead atoms. The Labute approximate surface area is 175 Å². The molecule has 7 nitrogen and oxygen atoms in total. The molecule has 2 aromatic rings. The number of aromatic amines is 1. The van der Waals surface area contributed by atoms with Gasteiger partial charge in [0.15, 0.2) is 0 Å². The summed E-state index contributed by atoms with van der Waals surface area (Å²) in [5.74, 6) is -1.05. The summed E-state index contributed by atoms with van der Waals surface area (Å²) < 4.78 is 5.05. The second-order valence-corrected chi connectivity index (χ2v) is 6.88. The van der Waals surface area contributed by atoms with E-state index in [4.69, 9.17) is 16.3 Å². The van der Waals surface area contributed by atoms with Gasteiger partial charge in [-0.05, 0) is 58.4 Å². The Balaban J connectivity index is 2.24. The fourth-order valence-corrected chi connectivity index (χ4v) is 3.39. The van der Waals surface area contributed by atoms with Crippen molar-refractivity contribution < 1.29 is 19.1 Å². The molecule has 29 heavy (non-hydrogen) atoms. The first-order valence-corrected chi connectivity index (χ1v) is 9.89. The van der Waals surface area contributed by atoms with Crippen LogP contribution in [-0.2, 0) is 4.74 Å². The van der Waals surface area contributed by atoms with Crippen LogP contribution in [0.25, 0.3) is 0 Å². The van der Waals surface area contributed by atoms with Crippen molar-refractivity contribution in [2.24, 2.45) is 0 Å². The van der Waals surface area contributed by atoms with Crippen molar-refractivity contribution in [3.05, 3.63) is 51.3 Å². The number of nitrogens with one attached hydrogen (secondary N) is 2. The van der Waals surface area contributed by atoms with Gasteiger partial charge in [0, 0.05) is 24.5 Å². The van der Waals surface area contributed by atoms with E-state index in [1.54, 1.807) is 37.8 Å². The number of nitrogens with zero attached hydrogens (tertiary/aromatic N) is 1.